The molecule has 3 aliphatic rings. The summed E-state index contributed by atoms with van der Waals surface area (Å²) in [6.45, 7) is 0. The molecule has 0 bridgehead atoms. The lowest BCUT2D eigenvalue weighted by Crippen LogP contribution is -2.53. The van der Waals surface area contributed by atoms with Crippen molar-refractivity contribution < 1.29 is 28.7 Å². The number of nitrogens with zero attached hydrogens (tertiary/aromatic N) is 1. The molecule has 186 valence electrons. The first kappa shape index (κ1) is 22.9. The largest absolute Gasteiger partial charge is 0.508 e. The van der Waals surface area contributed by atoms with E-state index in [-0.39, 0.29) is 29.0 Å². The minimum atomic E-state index is -1.65. The molecule has 9 nitrogen and oxygen atoms in total. The fraction of sp³-hybridized carbons (Fsp3) is 0.185. The third-order valence-corrected chi connectivity index (χ3v) is 7.48. The predicted molar refractivity (Wildman–Crippen MR) is 130 cm³/mol. The highest BCUT2D eigenvalue weighted by Crippen LogP contribution is 2.54. The summed E-state index contributed by atoms with van der Waals surface area (Å²) in [5.74, 6) is -4.87. The number of benzene rings is 3. The van der Waals surface area contributed by atoms with Crippen molar-refractivity contribution in [2.75, 3.05) is 10.2 Å². The Morgan fingerprint density at radius 1 is 1.00 bits per heavy atom. The van der Waals surface area contributed by atoms with Gasteiger partial charge < -0.3 is 16.2 Å². The van der Waals surface area contributed by atoms with Crippen molar-refractivity contribution in [1.82, 2.24) is 5.32 Å². The SMILES string of the molecule is NC(=O)c1ccc(N2C(=O)[C@H]3[C@@H](C2=O)[C@@]2(N[C@@H]3Cc3ccc(O)cc3)C(=O)Nc3ccc(F)cc32)cc1. The molecule has 0 unspecified atom stereocenters. The van der Waals surface area contributed by atoms with Gasteiger partial charge >= 0.3 is 0 Å². The van der Waals surface area contributed by atoms with Gasteiger partial charge in [0.2, 0.25) is 23.6 Å². The molecule has 2 fully saturated rings. The minimum Gasteiger partial charge on any atom is -0.508 e. The number of primary amides is 1. The Kier molecular flexibility index (Phi) is 4.93. The Morgan fingerprint density at radius 2 is 1.70 bits per heavy atom. The van der Waals surface area contributed by atoms with E-state index in [0.717, 1.165) is 10.5 Å². The Balaban J connectivity index is 1.47. The number of carbonyl (C=O) groups excluding carboxylic acids is 4. The number of phenolic OH excluding ortho intramolecular Hbond substituents is 1. The summed E-state index contributed by atoms with van der Waals surface area (Å²) in [4.78, 5) is 53.8. The maximum Gasteiger partial charge on any atom is 0.250 e. The molecular weight excluding hydrogens is 479 g/mol. The van der Waals surface area contributed by atoms with Crippen molar-refractivity contribution in [3.63, 3.8) is 0 Å². The smallest absolute Gasteiger partial charge is 0.250 e. The number of carbonyl (C=O) groups is 4. The molecule has 5 N–H and O–H groups in total. The van der Waals surface area contributed by atoms with Gasteiger partial charge in [0.15, 0.2) is 0 Å². The molecule has 2 saturated heterocycles. The summed E-state index contributed by atoms with van der Waals surface area (Å²) in [7, 11) is 0. The molecule has 10 heteroatoms. The molecule has 6 rings (SSSR count). The van der Waals surface area contributed by atoms with Crippen LogP contribution in [0.4, 0.5) is 15.8 Å². The van der Waals surface area contributed by atoms with E-state index in [0.29, 0.717) is 5.69 Å². The second-order valence-corrected chi connectivity index (χ2v) is 9.50. The van der Waals surface area contributed by atoms with E-state index in [9.17, 15) is 28.7 Å². The van der Waals surface area contributed by atoms with Gasteiger partial charge in [0, 0.05) is 22.9 Å². The highest BCUT2D eigenvalue weighted by atomic mass is 19.1. The number of imide groups is 1. The Hall–Kier alpha value is -4.57. The van der Waals surface area contributed by atoms with E-state index in [1.807, 2.05) is 0 Å². The number of hydrogen-bond donors (Lipinski definition) is 4. The second-order valence-electron chi connectivity index (χ2n) is 9.50. The number of anilines is 2. The van der Waals surface area contributed by atoms with Crippen LogP contribution in [-0.2, 0) is 26.3 Å². The van der Waals surface area contributed by atoms with Gasteiger partial charge in [0.1, 0.15) is 17.1 Å². The third kappa shape index (κ3) is 3.26. The summed E-state index contributed by atoms with van der Waals surface area (Å²) < 4.78 is 14.4. The fourth-order valence-corrected chi connectivity index (χ4v) is 5.86. The number of halogens is 1. The topological polar surface area (TPSA) is 142 Å². The van der Waals surface area contributed by atoms with E-state index in [2.05, 4.69) is 10.6 Å². The molecule has 1 spiro atoms. The van der Waals surface area contributed by atoms with Gasteiger partial charge in [0.25, 0.3) is 0 Å². The van der Waals surface area contributed by atoms with Crippen LogP contribution in [0.5, 0.6) is 5.75 Å². The molecule has 4 atom stereocenters. The zero-order valence-electron chi connectivity index (χ0n) is 19.3. The van der Waals surface area contributed by atoms with Crippen molar-refractivity contribution in [2.24, 2.45) is 17.6 Å². The van der Waals surface area contributed by atoms with Crippen molar-refractivity contribution in [1.29, 1.82) is 0 Å². The van der Waals surface area contributed by atoms with Gasteiger partial charge in [-0.05, 0) is 66.6 Å². The molecule has 3 aromatic rings. The van der Waals surface area contributed by atoms with Crippen molar-refractivity contribution in [3.05, 3.63) is 89.2 Å². The standard InChI is InChI=1S/C27H21FN4O5/c28-15-5-10-19-18(12-15)27(26(37)30-19)22-21(20(31-27)11-13-1-8-17(33)9-2-13)24(35)32(25(22)36)16-6-3-14(4-7-16)23(29)34/h1-10,12,20-22,31,33H,11H2,(H2,29,34)(H,30,37)/t20-,21-,22+,27-/m1/s1. The lowest BCUT2D eigenvalue weighted by Gasteiger charge is -2.29. The van der Waals surface area contributed by atoms with Gasteiger partial charge in [0.05, 0.1) is 17.5 Å². The van der Waals surface area contributed by atoms with Crippen LogP contribution in [0.15, 0.2) is 66.7 Å². The van der Waals surface area contributed by atoms with E-state index >= 15 is 0 Å². The zero-order chi connectivity index (χ0) is 26.1. The average Bonchev–Trinajstić information content (AvgIpc) is 3.45. The van der Waals surface area contributed by atoms with Crippen molar-refractivity contribution in [2.45, 2.75) is 18.0 Å². The van der Waals surface area contributed by atoms with E-state index in [4.69, 9.17) is 5.73 Å². The number of rotatable bonds is 4. The van der Waals surface area contributed by atoms with E-state index in [1.54, 1.807) is 12.1 Å². The molecule has 0 radical (unpaired) electrons. The molecule has 37 heavy (non-hydrogen) atoms. The quantitative estimate of drug-likeness (QED) is 0.403. The van der Waals surface area contributed by atoms with Crippen LogP contribution in [0.3, 0.4) is 0 Å². The maximum atomic E-state index is 14.4. The maximum absolute atomic E-state index is 14.4. The van der Waals surface area contributed by atoms with Crippen LogP contribution in [0.2, 0.25) is 0 Å². The van der Waals surface area contributed by atoms with Gasteiger partial charge in [-0.3, -0.25) is 24.5 Å². The van der Waals surface area contributed by atoms with Crippen molar-refractivity contribution >= 4 is 35.0 Å². The van der Waals surface area contributed by atoms with Gasteiger partial charge in [-0.25, -0.2) is 9.29 Å². The highest BCUT2D eigenvalue weighted by molar-refractivity contribution is 6.25. The average molecular weight is 500 g/mol. The van der Waals surface area contributed by atoms with Crippen LogP contribution in [-0.4, -0.2) is 34.8 Å². The fourth-order valence-electron chi connectivity index (χ4n) is 5.86. The molecule has 0 saturated carbocycles. The number of phenols is 1. The minimum absolute atomic E-state index is 0.0785. The third-order valence-electron chi connectivity index (χ3n) is 7.48. The summed E-state index contributed by atoms with van der Waals surface area (Å²) in [6, 6.07) is 15.4. The molecule has 3 aromatic carbocycles. The molecule has 0 aromatic heterocycles. The second kappa shape index (κ2) is 7.97. The molecule has 3 aliphatic heterocycles. The van der Waals surface area contributed by atoms with Gasteiger partial charge in [-0.15, -0.1) is 0 Å². The zero-order valence-corrected chi connectivity index (χ0v) is 19.3. The molecule has 4 amide bonds. The Labute approximate surface area is 210 Å². The number of aromatic hydroxyl groups is 1. The van der Waals surface area contributed by atoms with Gasteiger partial charge in [-0.2, -0.15) is 0 Å². The predicted octanol–water partition coefficient (Wildman–Crippen LogP) is 1.80. The Bertz CT molecular complexity index is 1490. The molecule has 3 heterocycles. The lowest BCUT2D eigenvalue weighted by atomic mass is 9.76. The van der Waals surface area contributed by atoms with E-state index < -0.39 is 52.9 Å². The highest BCUT2D eigenvalue weighted by Gasteiger charge is 2.70. The van der Waals surface area contributed by atoms with Gasteiger partial charge in [-0.1, -0.05) is 12.1 Å². The lowest BCUT2D eigenvalue weighted by molar-refractivity contribution is -0.130. The monoisotopic (exact) mass is 500 g/mol. The molecular formula is C27H21FN4O5. The number of fused-ring (bicyclic) bond motifs is 4. The number of hydrogen-bond acceptors (Lipinski definition) is 6. The van der Waals surface area contributed by atoms with Crippen LogP contribution >= 0.6 is 0 Å². The normalized spacial score (nSPS) is 25.9. The molecule has 0 aliphatic carbocycles. The summed E-state index contributed by atoms with van der Waals surface area (Å²) in [5, 5.41) is 15.6. The first-order valence-electron chi connectivity index (χ1n) is 11.7. The van der Waals surface area contributed by atoms with Crippen LogP contribution in [0.25, 0.3) is 0 Å². The number of nitrogens with two attached hydrogens (primary N) is 1. The van der Waals surface area contributed by atoms with Crippen LogP contribution in [0, 0.1) is 17.7 Å². The van der Waals surface area contributed by atoms with Crippen LogP contribution in [0.1, 0.15) is 21.5 Å². The van der Waals surface area contributed by atoms with Crippen LogP contribution < -0.4 is 21.3 Å². The Morgan fingerprint density at radius 3 is 2.38 bits per heavy atom. The number of nitrogens with one attached hydrogen (secondary N) is 2. The van der Waals surface area contributed by atoms with E-state index in [1.165, 1.54) is 54.6 Å². The summed E-state index contributed by atoms with van der Waals surface area (Å²) in [5.41, 5.74) is 5.53. The first-order valence-corrected chi connectivity index (χ1v) is 11.7. The summed E-state index contributed by atoms with van der Waals surface area (Å²) in [6.07, 6.45) is 0.272. The first-order chi connectivity index (χ1) is 17.7. The van der Waals surface area contributed by atoms with Crippen molar-refractivity contribution in [3.8, 4) is 5.75 Å². The summed E-state index contributed by atoms with van der Waals surface area (Å²) >= 11 is 0. The number of amides is 4.